The maximum absolute atomic E-state index is 11.7. The molecule has 1 aromatic heterocycles. The topological polar surface area (TPSA) is 109 Å². The Morgan fingerprint density at radius 2 is 1.70 bits per heavy atom. The SMILES string of the molecule is O=C(CC1CCC(C(=O)O)CC1)On1c(O)ccc1O. The molecule has 0 aliphatic heterocycles. The van der Waals surface area contributed by atoms with Crippen LogP contribution in [0.5, 0.6) is 11.8 Å². The van der Waals surface area contributed by atoms with E-state index in [1.54, 1.807) is 0 Å². The summed E-state index contributed by atoms with van der Waals surface area (Å²) >= 11 is 0. The number of hydrogen-bond donors (Lipinski definition) is 3. The van der Waals surface area contributed by atoms with Crippen LogP contribution >= 0.6 is 0 Å². The minimum absolute atomic E-state index is 0.0814. The molecule has 7 nitrogen and oxygen atoms in total. The highest BCUT2D eigenvalue weighted by atomic mass is 16.7. The fourth-order valence-corrected chi connectivity index (χ4v) is 2.48. The zero-order valence-corrected chi connectivity index (χ0v) is 10.9. The van der Waals surface area contributed by atoms with Gasteiger partial charge >= 0.3 is 11.9 Å². The molecule has 3 N–H and O–H groups in total. The van der Waals surface area contributed by atoms with Gasteiger partial charge in [-0.25, -0.2) is 4.79 Å². The standard InChI is InChI=1S/C13H17NO6/c15-10-5-6-11(16)14(10)20-12(17)7-8-1-3-9(4-2-8)13(18)19/h5-6,8-9,15-16H,1-4,7H2,(H,18,19). The molecule has 1 aliphatic rings. The predicted octanol–water partition coefficient (Wildman–Crippen LogP) is 1.14. The summed E-state index contributed by atoms with van der Waals surface area (Å²) in [6.45, 7) is 0. The van der Waals surface area contributed by atoms with Gasteiger partial charge in [-0.1, -0.05) is 0 Å². The Hall–Kier alpha value is -2.18. The summed E-state index contributed by atoms with van der Waals surface area (Å²) in [6, 6.07) is 2.42. The van der Waals surface area contributed by atoms with Crippen molar-refractivity contribution in [3.8, 4) is 11.8 Å². The van der Waals surface area contributed by atoms with Crippen molar-refractivity contribution in [1.82, 2.24) is 4.73 Å². The summed E-state index contributed by atoms with van der Waals surface area (Å²) < 4.78 is 0.658. The van der Waals surface area contributed by atoms with E-state index in [4.69, 9.17) is 9.94 Å². The Labute approximate surface area is 115 Å². The van der Waals surface area contributed by atoms with Crippen LogP contribution in [0.3, 0.4) is 0 Å². The number of carbonyl (C=O) groups is 2. The Bertz CT molecular complexity index is 481. The van der Waals surface area contributed by atoms with Crippen LogP contribution in [0, 0.1) is 11.8 Å². The number of nitrogens with zero attached hydrogens (tertiary/aromatic N) is 1. The lowest BCUT2D eigenvalue weighted by Gasteiger charge is -2.25. The highest BCUT2D eigenvalue weighted by molar-refractivity contribution is 5.71. The molecule has 1 fully saturated rings. The third-order valence-corrected chi connectivity index (χ3v) is 3.64. The molecule has 1 aliphatic carbocycles. The minimum Gasteiger partial charge on any atom is -0.492 e. The molecule has 1 saturated carbocycles. The van der Waals surface area contributed by atoms with Crippen molar-refractivity contribution in [1.29, 1.82) is 0 Å². The summed E-state index contributed by atoms with van der Waals surface area (Å²) in [5.41, 5.74) is 0. The highest BCUT2D eigenvalue weighted by Gasteiger charge is 2.28. The fourth-order valence-electron chi connectivity index (χ4n) is 2.48. The van der Waals surface area contributed by atoms with Crippen LogP contribution in [-0.4, -0.2) is 32.0 Å². The molecule has 1 aromatic rings. The fraction of sp³-hybridized carbons (Fsp3) is 0.538. The van der Waals surface area contributed by atoms with E-state index in [9.17, 15) is 19.8 Å². The molecule has 1 heterocycles. The van der Waals surface area contributed by atoms with Gasteiger partial charge < -0.3 is 20.2 Å². The molecule has 110 valence electrons. The van der Waals surface area contributed by atoms with Gasteiger partial charge in [0.15, 0.2) is 0 Å². The first-order valence-electron chi connectivity index (χ1n) is 6.51. The van der Waals surface area contributed by atoms with Gasteiger partial charge in [0.25, 0.3) is 0 Å². The van der Waals surface area contributed by atoms with Crippen LogP contribution in [0.4, 0.5) is 0 Å². The van der Waals surface area contributed by atoms with E-state index in [1.165, 1.54) is 12.1 Å². The van der Waals surface area contributed by atoms with Crippen LogP contribution in [0.15, 0.2) is 12.1 Å². The predicted molar refractivity (Wildman–Crippen MR) is 67.0 cm³/mol. The van der Waals surface area contributed by atoms with E-state index in [0.29, 0.717) is 30.4 Å². The van der Waals surface area contributed by atoms with E-state index < -0.39 is 11.9 Å². The maximum Gasteiger partial charge on any atom is 0.333 e. The van der Waals surface area contributed by atoms with Crippen LogP contribution in [-0.2, 0) is 9.59 Å². The molecule has 0 saturated heterocycles. The normalized spacial score (nSPS) is 22.4. The Morgan fingerprint density at radius 3 is 2.20 bits per heavy atom. The first-order valence-corrected chi connectivity index (χ1v) is 6.51. The van der Waals surface area contributed by atoms with Gasteiger partial charge in [0.2, 0.25) is 11.8 Å². The van der Waals surface area contributed by atoms with Gasteiger partial charge in [-0.2, -0.15) is 0 Å². The van der Waals surface area contributed by atoms with E-state index in [1.807, 2.05) is 0 Å². The lowest BCUT2D eigenvalue weighted by molar-refractivity contribution is -0.147. The lowest BCUT2D eigenvalue weighted by Crippen LogP contribution is -2.26. The number of aromatic nitrogens is 1. The van der Waals surface area contributed by atoms with Crippen LogP contribution < -0.4 is 4.84 Å². The summed E-state index contributed by atoms with van der Waals surface area (Å²) in [5.74, 6) is -2.30. The van der Waals surface area contributed by atoms with Crippen molar-refractivity contribution in [2.75, 3.05) is 0 Å². The van der Waals surface area contributed by atoms with Gasteiger partial charge in [-0.05, 0) is 31.6 Å². The second-order valence-corrected chi connectivity index (χ2v) is 5.07. The van der Waals surface area contributed by atoms with Crippen molar-refractivity contribution in [2.45, 2.75) is 32.1 Å². The van der Waals surface area contributed by atoms with E-state index in [-0.39, 0.29) is 30.0 Å². The van der Waals surface area contributed by atoms with Crippen LogP contribution in [0.25, 0.3) is 0 Å². The Balaban J connectivity index is 1.83. The average molecular weight is 283 g/mol. The lowest BCUT2D eigenvalue weighted by atomic mass is 9.80. The first-order chi connectivity index (χ1) is 9.47. The summed E-state index contributed by atoms with van der Waals surface area (Å²) in [4.78, 5) is 27.4. The van der Waals surface area contributed by atoms with Crippen molar-refractivity contribution < 1.29 is 29.7 Å². The summed E-state index contributed by atoms with van der Waals surface area (Å²) in [5, 5.41) is 27.6. The number of hydrogen-bond acceptors (Lipinski definition) is 5. The van der Waals surface area contributed by atoms with Crippen molar-refractivity contribution in [3.05, 3.63) is 12.1 Å². The van der Waals surface area contributed by atoms with Crippen LogP contribution in [0.1, 0.15) is 32.1 Å². The summed E-state index contributed by atoms with van der Waals surface area (Å²) in [6.07, 6.45) is 2.59. The molecule has 0 radical (unpaired) electrons. The minimum atomic E-state index is -0.784. The molecular weight excluding hydrogens is 266 g/mol. The van der Waals surface area contributed by atoms with Gasteiger partial charge in [-0.15, -0.1) is 4.73 Å². The first kappa shape index (κ1) is 14.2. The number of rotatable bonds is 4. The number of aliphatic carboxylic acids is 1. The largest absolute Gasteiger partial charge is 0.492 e. The third kappa shape index (κ3) is 3.23. The van der Waals surface area contributed by atoms with E-state index in [0.717, 1.165) is 0 Å². The van der Waals surface area contributed by atoms with Gasteiger partial charge in [-0.3, -0.25) is 4.79 Å². The van der Waals surface area contributed by atoms with Gasteiger partial charge in [0.1, 0.15) is 0 Å². The van der Waals surface area contributed by atoms with Crippen molar-refractivity contribution >= 4 is 11.9 Å². The smallest absolute Gasteiger partial charge is 0.333 e. The number of aromatic hydroxyl groups is 2. The molecule has 0 bridgehead atoms. The molecular formula is C13H17NO6. The molecule has 0 aromatic carbocycles. The second kappa shape index (κ2) is 5.85. The Morgan fingerprint density at radius 1 is 1.15 bits per heavy atom. The molecule has 20 heavy (non-hydrogen) atoms. The zero-order valence-electron chi connectivity index (χ0n) is 10.9. The third-order valence-electron chi connectivity index (χ3n) is 3.64. The van der Waals surface area contributed by atoms with Gasteiger partial charge in [0, 0.05) is 12.1 Å². The second-order valence-electron chi connectivity index (χ2n) is 5.07. The number of carboxylic acid groups (broad SMARTS) is 1. The monoisotopic (exact) mass is 283 g/mol. The number of carbonyl (C=O) groups excluding carboxylic acids is 1. The van der Waals surface area contributed by atoms with Crippen molar-refractivity contribution in [3.63, 3.8) is 0 Å². The molecule has 0 atom stereocenters. The molecule has 0 amide bonds. The van der Waals surface area contributed by atoms with Crippen LogP contribution in [0.2, 0.25) is 0 Å². The van der Waals surface area contributed by atoms with Crippen molar-refractivity contribution in [2.24, 2.45) is 11.8 Å². The molecule has 2 rings (SSSR count). The maximum atomic E-state index is 11.7. The summed E-state index contributed by atoms with van der Waals surface area (Å²) in [7, 11) is 0. The number of carboxylic acids is 1. The quantitative estimate of drug-likeness (QED) is 0.764. The Kier molecular flexibility index (Phi) is 4.16. The van der Waals surface area contributed by atoms with E-state index >= 15 is 0 Å². The van der Waals surface area contributed by atoms with E-state index in [2.05, 4.69) is 0 Å². The highest BCUT2D eigenvalue weighted by Crippen LogP contribution is 2.31. The van der Waals surface area contributed by atoms with Gasteiger partial charge in [0.05, 0.1) is 12.3 Å². The average Bonchev–Trinajstić information content (AvgIpc) is 2.71. The molecule has 0 spiro atoms. The molecule has 7 heteroatoms. The molecule has 0 unspecified atom stereocenters. The zero-order chi connectivity index (χ0) is 14.7.